The predicted octanol–water partition coefficient (Wildman–Crippen LogP) is 3.59. The zero-order chi connectivity index (χ0) is 15.4. The first-order chi connectivity index (χ1) is 10.8. The van der Waals surface area contributed by atoms with E-state index in [1.54, 1.807) is 24.4 Å². The van der Waals surface area contributed by atoms with Crippen LogP contribution in [0.5, 0.6) is 0 Å². The van der Waals surface area contributed by atoms with E-state index in [9.17, 15) is 10.1 Å². The second kappa shape index (κ2) is 6.01. The van der Waals surface area contributed by atoms with Gasteiger partial charge in [-0.2, -0.15) is 5.10 Å². The molecular weight excluding hydrogens is 280 g/mol. The highest BCUT2D eigenvalue weighted by molar-refractivity contribution is 5.91. The third-order valence-corrected chi connectivity index (χ3v) is 3.15. The zero-order valence-electron chi connectivity index (χ0n) is 11.5. The summed E-state index contributed by atoms with van der Waals surface area (Å²) in [4.78, 5) is 14.8. The largest absolute Gasteiger partial charge is 0.278 e. The van der Waals surface area contributed by atoms with Crippen molar-refractivity contribution < 1.29 is 4.92 Å². The summed E-state index contributed by atoms with van der Waals surface area (Å²) in [6.07, 6.45) is 3.14. The van der Waals surface area contributed by atoms with Gasteiger partial charge in [0.2, 0.25) is 0 Å². The molecule has 1 N–H and O–H groups in total. The molecule has 1 aromatic heterocycles. The lowest BCUT2D eigenvalue weighted by molar-refractivity contribution is -0.385. The quantitative estimate of drug-likeness (QED) is 0.452. The smallest absolute Gasteiger partial charge is 0.276 e. The van der Waals surface area contributed by atoms with Crippen LogP contribution in [-0.4, -0.2) is 16.1 Å². The van der Waals surface area contributed by atoms with Gasteiger partial charge in [0, 0.05) is 17.6 Å². The van der Waals surface area contributed by atoms with Crippen molar-refractivity contribution in [2.75, 3.05) is 5.43 Å². The number of nitrogens with zero attached hydrogens (tertiary/aromatic N) is 3. The minimum absolute atomic E-state index is 0.0177. The number of benzene rings is 2. The molecule has 6 heteroatoms. The minimum Gasteiger partial charge on any atom is -0.276 e. The maximum Gasteiger partial charge on any atom is 0.278 e. The van der Waals surface area contributed by atoms with Gasteiger partial charge in [0.1, 0.15) is 0 Å². The Balaban J connectivity index is 1.87. The van der Waals surface area contributed by atoms with Gasteiger partial charge in [0.05, 0.1) is 27.9 Å². The third-order valence-electron chi connectivity index (χ3n) is 3.15. The van der Waals surface area contributed by atoms with Crippen molar-refractivity contribution in [3.05, 3.63) is 76.5 Å². The van der Waals surface area contributed by atoms with Crippen LogP contribution in [-0.2, 0) is 0 Å². The number of hydrazone groups is 1. The van der Waals surface area contributed by atoms with Gasteiger partial charge in [-0.3, -0.25) is 20.5 Å². The molecule has 6 nitrogen and oxygen atoms in total. The fourth-order valence-electron chi connectivity index (χ4n) is 2.13. The van der Waals surface area contributed by atoms with Crippen LogP contribution < -0.4 is 5.43 Å². The SMILES string of the molecule is O=[N+]([O-])c1ccccc1/C=N/Nc1cccc2cccnc12. The number of hydrogen-bond acceptors (Lipinski definition) is 5. The van der Waals surface area contributed by atoms with Crippen molar-refractivity contribution in [2.24, 2.45) is 5.10 Å². The molecule has 1 heterocycles. The van der Waals surface area contributed by atoms with E-state index in [2.05, 4.69) is 15.5 Å². The van der Waals surface area contributed by atoms with Crippen molar-refractivity contribution >= 4 is 28.5 Å². The van der Waals surface area contributed by atoms with Gasteiger partial charge in [0.25, 0.3) is 5.69 Å². The van der Waals surface area contributed by atoms with Gasteiger partial charge in [-0.1, -0.05) is 30.3 Å². The Labute approximate surface area is 126 Å². The summed E-state index contributed by atoms with van der Waals surface area (Å²) in [7, 11) is 0. The van der Waals surface area contributed by atoms with E-state index >= 15 is 0 Å². The van der Waals surface area contributed by atoms with Crippen LogP contribution in [0.25, 0.3) is 10.9 Å². The highest BCUT2D eigenvalue weighted by Crippen LogP contribution is 2.21. The van der Waals surface area contributed by atoms with E-state index < -0.39 is 4.92 Å². The molecule has 0 radical (unpaired) electrons. The topological polar surface area (TPSA) is 80.4 Å². The average Bonchev–Trinajstić information content (AvgIpc) is 2.55. The van der Waals surface area contributed by atoms with Crippen LogP contribution >= 0.6 is 0 Å². The number of hydrogen-bond donors (Lipinski definition) is 1. The first kappa shape index (κ1) is 13.7. The van der Waals surface area contributed by atoms with Crippen LogP contribution in [0.1, 0.15) is 5.56 Å². The summed E-state index contributed by atoms with van der Waals surface area (Å²) in [6, 6.07) is 16.0. The number of anilines is 1. The Kier molecular flexibility index (Phi) is 3.74. The van der Waals surface area contributed by atoms with Crippen molar-refractivity contribution in [2.45, 2.75) is 0 Å². The minimum atomic E-state index is -0.430. The molecule has 22 heavy (non-hydrogen) atoms. The normalized spacial score (nSPS) is 10.9. The average molecular weight is 292 g/mol. The van der Waals surface area contributed by atoms with Crippen LogP contribution in [0.15, 0.2) is 65.9 Å². The lowest BCUT2D eigenvalue weighted by Crippen LogP contribution is -1.96. The Morgan fingerprint density at radius 1 is 1.09 bits per heavy atom. The fraction of sp³-hybridized carbons (Fsp3) is 0. The highest BCUT2D eigenvalue weighted by Gasteiger charge is 2.09. The maximum absolute atomic E-state index is 10.9. The summed E-state index contributed by atoms with van der Waals surface area (Å²) in [5, 5.41) is 16.0. The van der Waals surface area contributed by atoms with E-state index in [1.807, 2.05) is 30.3 Å². The number of nitro groups is 1. The lowest BCUT2D eigenvalue weighted by atomic mass is 10.2. The molecule has 0 atom stereocenters. The zero-order valence-corrected chi connectivity index (χ0v) is 11.5. The Hall–Kier alpha value is -3.28. The predicted molar refractivity (Wildman–Crippen MR) is 86.1 cm³/mol. The molecule has 0 aliphatic carbocycles. The Morgan fingerprint density at radius 2 is 1.91 bits per heavy atom. The number of fused-ring (bicyclic) bond motifs is 1. The summed E-state index contributed by atoms with van der Waals surface area (Å²) >= 11 is 0. The van der Waals surface area contributed by atoms with Gasteiger partial charge in [0.15, 0.2) is 0 Å². The molecule has 2 aromatic carbocycles. The van der Waals surface area contributed by atoms with Crippen LogP contribution in [0.3, 0.4) is 0 Å². The van der Waals surface area contributed by atoms with Crippen molar-refractivity contribution in [3.63, 3.8) is 0 Å². The molecule has 3 rings (SSSR count). The standard InChI is InChI=1S/C16H12N4O2/c21-20(22)15-9-2-1-5-13(15)11-18-19-14-8-3-6-12-7-4-10-17-16(12)14/h1-11,19H/b18-11+. The molecule has 0 bridgehead atoms. The first-order valence-corrected chi connectivity index (χ1v) is 6.62. The summed E-state index contributed by atoms with van der Waals surface area (Å²) in [6.45, 7) is 0. The second-order valence-corrected chi connectivity index (χ2v) is 4.57. The number of para-hydroxylation sites is 2. The Bertz CT molecular complexity index is 856. The van der Waals surface area contributed by atoms with Crippen molar-refractivity contribution in [1.29, 1.82) is 0 Å². The fourth-order valence-corrected chi connectivity index (χ4v) is 2.13. The van der Waals surface area contributed by atoms with Gasteiger partial charge in [-0.25, -0.2) is 0 Å². The van der Waals surface area contributed by atoms with E-state index in [0.29, 0.717) is 5.56 Å². The van der Waals surface area contributed by atoms with E-state index in [1.165, 1.54) is 12.3 Å². The number of pyridine rings is 1. The maximum atomic E-state index is 10.9. The lowest BCUT2D eigenvalue weighted by Gasteiger charge is -2.04. The van der Waals surface area contributed by atoms with Gasteiger partial charge in [-0.05, 0) is 18.2 Å². The molecule has 0 aliphatic rings. The molecule has 0 fully saturated rings. The molecule has 0 amide bonds. The molecule has 0 unspecified atom stereocenters. The molecular formula is C16H12N4O2. The molecule has 0 saturated carbocycles. The van der Waals surface area contributed by atoms with E-state index in [4.69, 9.17) is 0 Å². The van der Waals surface area contributed by atoms with Gasteiger partial charge < -0.3 is 0 Å². The van der Waals surface area contributed by atoms with Crippen LogP contribution in [0, 0.1) is 10.1 Å². The number of rotatable bonds is 4. The van der Waals surface area contributed by atoms with Gasteiger partial charge in [-0.15, -0.1) is 0 Å². The monoisotopic (exact) mass is 292 g/mol. The van der Waals surface area contributed by atoms with Crippen LogP contribution in [0.2, 0.25) is 0 Å². The highest BCUT2D eigenvalue weighted by atomic mass is 16.6. The molecule has 108 valence electrons. The van der Waals surface area contributed by atoms with Gasteiger partial charge >= 0.3 is 0 Å². The molecule has 0 spiro atoms. The Morgan fingerprint density at radius 3 is 2.77 bits per heavy atom. The van der Waals surface area contributed by atoms with Crippen molar-refractivity contribution in [1.82, 2.24) is 4.98 Å². The second-order valence-electron chi connectivity index (χ2n) is 4.57. The summed E-state index contributed by atoms with van der Waals surface area (Å²) in [5.74, 6) is 0. The van der Waals surface area contributed by atoms with E-state index in [-0.39, 0.29) is 5.69 Å². The number of nitro benzene ring substituents is 1. The third kappa shape index (κ3) is 2.76. The summed E-state index contributed by atoms with van der Waals surface area (Å²) < 4.78 is 0. The molecule has 0 saturated heterocycles. The molecule has 0 aliphatic heterocycles. The first-order valence-electron chi connectivity index (χ1n) is 6.62. The van der Waals surface area contributed by atoms with Crippen LogP contribution in [0.4, 0.5) is 11.4 Å². The number of nitrogens with one attached hydrogen (secondary N) is 1. The summed E-state index contributed by atoms with van der Waals surface area (Å²) in [5.41, 5.74) is 4.88. The van der Waals surface area contributed by atoms with Crippen molar-refractivity contribution in [3.8, 4) is 0 Å². The number of aromatic nitrogens is 1. The van der Waals surface area contributed by atoms with E-state index in [0.717, 1.165) is 16.6 Å². The molecule has 3 aromatic rings.